The summed E-state index contributed by atoms with van der Waals surface area (Å²) in [7, 11) is -3.83. The van der Waals surface area contributed by atoms with Gasteiger partial charge in [0.25, 0.3) is 0 Å². The topological polar surface area (TPSA) is 116 Å². The van der Waals surface area contributed by atoms with Crippen LogP contribution < -0.4 is 10.5 Å². The summed E-state index contributed by atoms with van der Waals surface area (Å²) in [5, 5.41) is 18.9. The molecule has 116 valence electrons. The molecule has 0 aromatic heterocycles. The van der Waals surface area contributed by atoms with E-state index >= 15 is 0 Å². The van der Waals surface area contributed by atoms with Gasteiger partial charge < -0.3 is 10.8 Å². The Morgan fingerprint density at radius 3 is 2.57 bits per heavy atom. The summed E-state index contributed by atoms with van der Waals surface area (Å²) in [6.45, 7) is 5.37. The van der Waals surface area contributed by atoms with Crippen LogP contribution in [-0.4, -0.2) is 25.7 Å². The van der Waals surface area contributed by atoms with E-state index in [0.717, 1.165) is 0 Å². The highest BCUT2D eigenvalue weighted by Crippen LogP contribution is 2.21. The van der Waals surface area contributed by atoms with Crippen LogP contribution in [0.2, 0.25) is 0 Å². The van der Waals surface area contributed by atoms with Gasteiger partial charge in [0.15, 0.2) is 0 Å². The Morgan fingerprint density at radius 2 is 2.10 bits per heavy atom. The molecule has 0 aliphatic rings. The Hall–Kier alpha value is -1.62. The minimum Gasteiger partial charge on any atom is -0.398 e. The third-order valence-corrected chi connectivity index (χ3v) is 4.39. The maximum absolute atomic E-state index is 12.2. The molecule has 0 fully saturated rings. The summed E-state index contributed by atoms with van der Waals surface area (Å²) >= 11 is 0. The molecule has 6 nitrogen and oxygen atoms in total. The number of sulfonamides is 1. The molecule has 0 saturated carbocycles. The standard InChI is InChI=1S/C14H21N3O3S/c1-10(2)7-14(3,18)9-17-21(19,20)13-5-4-11(8-15)6-12(13)16/h4-6,10,17-18H,7,9,16H2,1-3H3. The van der Waals surface area contributed by atoms with Crippen molar-refractivity contribution in [3.63, 3.8) is 0 Å². The normalized spacial score (nSPS) is 14.7. The number of nitriles is 1. The zero-order valence-corrected chi connectivity index (χ0v) is 13.2. The van der Waals surface area contributed by atoms with Crippen LogP contribution in [0.5, 0.6) is 0 Å². The first-order chi connectivity index (χ1) is 9.57. The van der Waals surface area contributed by atoms with Gasteiger partial charge in [0.1, 0.15) is 4.90 Å². The Bertz CT molecular complexity index is 646. The first-order valence-corrected chi connectivity index (χ1v) is 8.07. The van der Waals surface area contributed by atoms with Gasteiger partial charge in [-0.1, -0.05) is 13.8 Å². The molecule has 0 spiro atoms. The Labute approximate surface area is 125 Å². The molecule has 4 N–H and O–H groups in total. The van der Waals surface area contributed by atoms with Crippen molar-refractivity contribution in [2.75, 3.05) is 12.3 Å². The van der Waals surface area contributed by atoms with Crippen LogP contribution in [0.3, 0.4) is 0 Å². The van der Waals surface area contributed by atoms with Crippen molar-refractivity contribution in [1.82, 2.24) is 4.72 Å². The molecule has 0 aliphatic carbocycles. The largest absolute Gasteiger partial charge is 0.398 e. The maximum Gasteiger partial charge on any atom is 0.242 e. The van der Waals surface area contributed by atoms with Crippen LogP contribution in [0.1, 0.15) is 32.8 Å². The molecule has 1 aromatic carbocycles. The maximum atomic E-state index is 12.2. The van der Waals surface area contributed by atoms with E-state index in [2.05, 4.69) is 4.72 Å². The van der Waals surface area contributed by atoms with Crippen molar-refractivity contribution >= 4 is 15.7 Å². The lowest BCUT2D eigenvalue weighted by Crippen LogP contribution is -2.41. The van der Waals surface area contributed by atoms with Crippen molar-refractivity contribution in [3.8, 4) is 6.07 Å². The second kappa shape index (κ2) is 6.43. The molecule has 0 radical (unpaired) electrons. The minimum atomic E-state index is -3.83. The summed E-state index contributed by atoms with van der Waals surface area (Å²) in [6, 6.07) is 5.87. The number of rotatable bonds is 6. The number of benzene rings is 1. The van der Waals surface area contributed by atoms with E-state index in [1.54, 1.807) is 6.92 Å². The van der Waals surface area contributed by atoms with Crippen molar-refractivity contribution < 1.29 is 13.5 Å². The molecule has 1 unspecified atom stereocenters. The lowest BCUT2D eigenvalue weighted by Gasteiger charge is -2.25. The molecule has 0 amide bonds. The fourth-order valence-corrected chi connectivity index (χ4v) is 3.42. The van der Waals surface area contributed by atoms with Crippen LogP contribution >= 0.6 is 0 Å². The predicted molar refractivity (Wildman–Crippen MR) is 80.8 cm³/mol. The van der Waals surface area contributed by atoms with Crippen LogP contribution in [0.25, 0.3) is 0 Å². The van der Waals surface area contributed by atoms with E-state index in [-0.39, 0.29) is 23.0 Å². The first kappa shape index (κ1) is 17.4. The van der Waals surface area contributed by atoms with Gasteiger partial charge in [0.05, 0.1) is 22.9 Å². The van der Waals surface area contributed by atoms with Gasteiger partial charge >= 0.3 is 0 Å². The lowest BCUT2D eigenvalue weighted by atomic mass is 9.95. The summed E-state index contributed by atoms with van der Waals surface area (Å²) in [4.78, 5) is -0.0955. The van der Waals surface area contributed by atoms with E-state index in [4.69, 9.17) is 11.0 Å². The average Bonchev–Trinajstić information content (AvgIpc) is 2.34. The number of aliphatic hydroxyl groups is 1. The van der Waals surface area contributed by atoms with Gasteiger partial charge in [-0.05, 0) is 37.5 Å². The Morgan fingerprint density at radius 1 is 1.48 bits per heavy atom. The van der Waals surface area contributed by atoms with E-state index in [1.165, 1.54) is 18.2 Å². The second-order valence-electron chi connectivity index (χ2n) is 5.78. The van der Waals surface area contributed by atoms with Crippen molar-refractivity contribution in [2.24, 2.45) is 5.92 Å². The predicted octanol–water partition coefficient (Wildman–Crippen LogP) is 1.22. The van der Waals surface area contributed by atoms with E-state index in [1.807, 2.05) is 19.9 Å². The van der Waals surface area contributed by atoms with Crippen molar-refractivity contribution in [3.05, 3.63) is 23.8 Å². The number of nitrogens with one attached hydrogen (secondary N) is 1. The molecule has 0 bridgehead atoms. The van der Waals surface area contributed by atoms with Gasteiger partial charge in [-0.3, -0.25) is 0 Å². The van der Waals surface area contributed by atoms with Crippen molar-refractivity contribution in [2.45, 2.75) is 37.7 Å². The number of nitrogens with two attached hydrogens (primary N) is 1. The second-order valence-corrected chi connectivity index (χ2v) is 7.52. The molecular weight excluding hydrogens is 290 g/mol. The fourth-order valence-electron chi connectivity index (χ4n) is 2.14. The number of hydrogen-bond donors (Lipinski definition) is 3. The van der Waals surface area contributed by atoms with Gasteiger partial charge in [-0.15, -0.1) is 0 Å². The van der Waals surface area contributed by atoms with Gasteiger partial charge in [0.2, 0.25) is 10.0 Å². The highest BCUT2D eigenvalue weighted by Gasteiger charge is 2.26. The summed E-state index contributed by atoms with van der Waals surface area (Å²) in [5.41, 5.74) is 4.83. The zero-order valence-electron chi connectivity index (χ0n) is 12.4. The van der Waals surface area contributed by atoms with Gasteiger partial charge in [0, 0.05) is 6.54 Å². The monoisotopic (exact) mass is 311 g/mol. The highest BCUT2D eigenvalue weighted by atomic mass is 32.2. The van der Waals surface area contributed by atoms with Crippen LogP contribution in [0, 0.1) is 17.2 Å². The minimum absolute atomic E-state index is 0.00468. The molecular formula is C14H21N3O3S. The van der Waals surface area contributed by atoms with Gasteiger partial charge in [-0.25, -0.2) is 13.1 Å². The zero-order chi connectivity index (χ0) is 16.3. The molecule has 1 rings (SSSR count). The first-order valence-electron chi connectivity index (χ1n) is 6.59. The highest BCUT2D eigenvalue weighted by molar-refractivity contribution is 7.89. The number of nitrogen functional groups attached to an aromatic ring is 1. The molecule has 21 heavy (non-hydrogen) atoms. The van der Waals surface area contributed by atoms with Crippen LogP contribution in [-0.2, 0) is 10.0 Å². The third kappa shape index (κ3) is 5.01. The molecule has 0 aliphatic heterocycles. The molecule has 0 saturated heterocycles. The van der Waals surface area contributed by atoms with Gasteiger partial charge in [-0.2, -0.15) is 5.26 Å². The van der Waals surface area contributed by atoms with E-state index in [9.17, 15) is 13.5 Å². The van der Waals surface area contributed by atoms with Crippen LogP contribution in [0.15, 0.2) is 23.1 Å². The smallest absolute Gasteiger partial charge is 0.242 e. The third-order valence-electron chi connectivity index (χ3n) is 2.92. The molecule has 0 heterocycles. The molecule has 7 heteroatoms. The summed E-state index contributed by atoms with van der Waals surface area (Å²) in [5.74, 6) is 0.240. The number of anilines is 1. The number of nitrogens with zero attached hydrogens (tertiary/aromatic N) is 1. The van der Waals surface area contributed by atoms with E-state index in [0.29, 0.717) is 12.0 Å². The fraction of sp³-hybridized carbons (Fsp3) is 0.500. The Balaban J connectivity index is 2.91. The lowest BCUT2D eigenvalue weighted by molar-refractivity contribution is 0.0437. The van der Waals surface area contributed by atoms with E-state index < -0.39 is 15.6 Å². The quantitative estimate of drug-likeness (QED) is 0.683. The molecule has 1 aromatic rings. The number of hydrogen-bond acceptors (Lipinski definition) is 5. The Kier molecular flexibility index (Phi) is 5.34. The SMILES string of the molecule is CC(C)CC(C)(O)CNS(=O)(=O)c1ccc(C#N)cc1N. The van der Waals surface area contributed by atoms with Crippen molar-refractivity contribution in [1.29, 1.82) is 5.26 Å². The summed E-state index contributed by atoms with van der Waals surface area (Å²) < 4.78 is 26.8. The molecule has 1 atom stereocenters. The average molecular weight is 311 g/mol. The van der Waals surface area contributed by atoms with Crippen LogP contribution in [0.4, 0.5) is 5.69 Å². The summed E-state index contributed by atoms with van der Waals surface area (Å²) in [6.07, 6.45) is 0.471.